The zero-order chi connectivity index (χ0) is 29.6. The number of benzene rings is 1. The Labute approximate surface area is 228 Å². The normalized spacial score (nSPS) is 20.0. The molecule has 0 bridgehead atoms. The third-order valence-corrected chi connectivity index (χ3v) is 7.19. The number of aromatic nitrogens is 3. The summed E-state index contributed by atoms with van der Waals surface area (Å²) >= 11 is 0. The number of hydrogen-bond donors (Lipinski definition) is 3. The summed E-state index contributed by atoms with van der Waals surface area (Å²) in [6.07, 6.45) is -10.3. The quantitative estimate of drug-likeness (QED) is 0.295. The molecule has 41 heavy (non-hydrogen) atoms. The third-order valence-electron chi connectivity index (χ3n) is 7.19. The first-order valence-corrected chi connectivity index (χ1v) is 12.5. The maximum absolute atomic E-state index is 13.9. The smallest absolute Gasteiger partial charge is 0.422 e. The fourth-order valence-corrected chi connectivity index (χ4v) is 5.10. The van der Waals surface area contributed by atoms with E-state index in [1.807, 2.05) is 0 Å². The number of piperidine rings is 1. The largest absolute Gasteiger partial charge is 0.457 e. The van der Waals surface area contributed by atoms with Crippen LogP contribution in [0.15, 0.2) is 42.6 Å². The molecule has 1 amide bonds. The number of hydrogen-bond acceptors (Lipinski definition) is 7. The van der Waals surface area contributed by atoms with Crippen molar-refractivity contribution in [2.45, 2.75) is 49.7 Å². The van der Waals surface area contributed by atoms with Gasteiger partial charge in [0, 0.05) is 25.2 Å². The molecule has 2 aliphatic heterocycles. The topological polar surface area (TPSA) is 120 Å². The van der Waals surface area contributed by atoms with Gasteiger partial charge in [0.1, 0.15) is 18.2 Å². The van der Waals surface area contributed by atoms with E-state index in [1.54, 1.807) is 35.2 Å². The number of fused-ring (bicyclic) bond motifs is 1. The monoisotopic (exact) mass is 583 g/mol. The molecular weight excluding hydrogens is 560 g/mol. The molecule has 0 radical (unpaired) electrons. The van der Waals surface area contributed by atoms with Gasteiger partial charge in [-0.25, -0.2) is 9.78 Å². The molecule has 0 saturated carbocycles. The molecule has 2 aromatic heterocycles. The number of anilines is 2. The van der Waals surface area contributed by atoms with Gasteiger partial charge in [0.2, 0.25) is 5.91 Å². The Morgan fingerprint density at radius 3 is 2.44 bits per heavy atom. The zero-order valence-corrected chi connectivity index (χ0v) is 21.1. The standard InChI is InChI=1S/C26H23F6N5O4/c27-25(28,29)17-12-33-18(10-16(17)23(39)41-13-14-4-2-1-3-5-14)37-8-6-15(7-9-37)21-20-22(36-35-21)34-19(38)11-24(20,40)26(30,31)32/h1-5,10,12,15,40H,6-9,11,13H2,(H2,34,35,36,38). The number of aliphatic hydroxyl groups is 1. The van der Waals surface area contributed by atoms with Crippen LogP contribution in [0.1, 0.15) is 57.9 Å². The lowest BCUT2D eigenvalue weighted by molar-refractivity contribution is -0.267. The number of pyridine rings is 1. The summed E-state index contributed by atoms with van der Waals surface area (Å²) in [6.45, 7) is 0.0681. The number of amides is 1. The number of nitrogens with one attached hydrogen (secondary N) is 2. The van der Waals surface area contributed by atoms with Crippen LogP contribution >= 0.6 is 0 Å². The predicted molar refractivity (Wildman–Crippen MR) is 131 cm³/mol. The molecule has 3 aromatic rings. The molecule has 1 unspecified atom stereocenters. The Hall–Kier alpha value is -4.14. The Morgan fingerprint density at radius 2 is 1.80 bits per heavy atom. The molecule has 15 heteroatoms. The number of carbonyl (C=O) groups is 2. The van der Waals surface area contributed by atoms with Crippen LogP contribution in [0.5, 0.6) is 0 Å². The Kier molecular flexibility index (Phi) is 7.17. The van der Waals surface area contributed by atoms with Crippen LogP contribution in [0, 0.1) is 0 Å². The fourth-order valence-electron chi connectivity index (χ4n) is 5.10. The molecular formula is C26H23F6N5O4. The minimum atomic E-state index is -5.14. The SMILES string of the molecule is O=C1CC(O)(C(F)(F)F)c2c(C3CCN(c4cc(C(=O)OCc5ccccc5)c(C(F)(F)F)cn4)CC3)n[nH]c2N1. The number of nitrogens with zero attached hydrogens (tertiary/aromatic N) is 3. The first kappa shape index (κ1) is 28.4. The number of halogens is 6. The van der Waals surface area contributed by atoms with E-state index in [9.17, 15) is 41.0 Å². The summed E-state index contributed by atoms with van der Waals surface area (Å²) < 4.78 is 87.7. The molecule has 4 heterocycles. The van der Waals surface area contributed by atoms with E-state index in [0.29, 0.717) is 11.8 Å². The van der Waals surface area contributed by atoms with Crippen molar-refractivity contribution in [1.82, 2.24) is 15.2 Å². The van der Waals surface area contributed by atoms with Gasteiger partial charge in [-0.3, -0.25) is 9.89 Å². The summed E-state index contributed by atoms with van der Waals surface area (Å²) in [7, 11) is 0. The van der Waals surface area contributed by atoms with Gasteiger partial charge in [0.05, 0.1) is 28.8 Å². The van der Waals surface area contributed by atoms with Crippen molar-refractivity contribution in [2.75, 3.05) is 23.3 Å². The molecule has 0 aliphatic carbocycles. The maximum Gasteiger partial charge on any atom is 0.422 e. The van der Waals surface area contributed by atoms with E-state index in [2.05, 4.69) is 20.5 Å². The highest BCUT2D eigenvalue weighted by Gasteiger charge is 2.61. The summed E-state index contributed by atoms with van der Waals surface area (Å²) in [4.78, 5) is 30.0. The van der Waals surface area contributed by atoms with Gasteiger partial charge in [-0.2, -0.15) is 31.4 Å². The highest BCUT2D eigenvalue weighted by Crippen LogP contribution is 2.50. The minimum Gasteiger partial charge on any atom is -0.457 e. The van der Waals surface area contributed by atoms with Crippen molar-refractivity contribution in [1.29, 1.82) is 0 Å². The number of aromatic amines is 1. The van der Waals surface area contributed by atoms with Crippen LogP contribution in [0.3, 0.4) is 0 Å². The zero-order valence-electron chi connectivity index (χ0n) is 21.1. The van der Waals surface area contributed by atoms with E-state index in [-0.39, 0.29) is 49.9 Å². The highest BCUT2D eigenvalue weighted by molar-refractivity contribution is 5.94. The molecule has 1 fully saturated rings. The van der Waals surface area contributed by atoms with Gasteiger partial charge in [-0.1, -0.05) is 30.3 Å². The average Bonchev–Trinajstić information content (AvgIpc) is 3.35. The summed E-state index contributed by atoms with van der Waals surface area (Å²) in [5.41, 5.74) is -5.40. The van der Waals surface area contributed by atoms with Gasteiger partial charge < -0.3 is 20.1 Å². The molecule has 1 saturated heterocycles. The molecule has 5 rings (SSSR count). The highest BCUT2D eigenvalue weighted by atomic mass is 19.4. The summed E-state index contributed by atoms with van der Waals surface area (Å²) in [5, 5.41) is 19.1. The van der Waals surface area contributed by atoms with Crippen LogP contribution in [0.2, 0.25) is 0 Å². The van der Waals surface area contributed by atoms with Gasteiger partial charge in [0.25, 0.3) is 0 Å². The van der Waals surface area contributed by atoms with E-state index in [1.165, 1.54) is 0 Å². The maximum atomic E-state index is 13.9. The van der Waals surface area contributed by atoms with E-state index in [4.69, 9.17) is 4.74 Å². The van der Waals surface area contributed by atoms with Crippen LogP contribution in [-0.2, 0) is 27.9 Å². The van der Waals surface area contributed by atoms with Crippen molar-refractivity contribution in [3.63, 3.8) is 0 Å². The second-order valence-corrected chi connectivity index (χ2v) is 9.85. The predicted octanol–water partition coefficient (Wildman–Crippen LogP) is 4.66. The van der Waals surface area contributed by atoms with Gasteiger partial charge >= 0.3 is 18.3 Å². The molecule has 2 aliphatic rings. The van der Waals surface area contributed by atoms with E-state index in [0.717, 1.165) is 6.07 Å². The van der Waals surface area contributed by atoms with Crippen molar-refractivity contribution in [3.8, 4) is 0 Å². The Balaban J connectivity index is 1.35. The first-order chi connectivity index (χ1) is 19.3. The number of H-pyrrole nitrogens is 1. The second-order valence-electron chi connectivity index (χ2n) is 9.85. The molecule has 0 spiro atoms. The molecule has 218 valence electrons. The van der Waals surface area contributed by atoms with Crippen molar-refractivity contribution in [3.05, 3.63) is 70.5 Å². The average molecular weight is 583 g/mol. The van der Waals surface area contributed by atoms with Crippen LogP contribution in [-0.4, -0.2) is 51.4 Å². The van der Waals surface area contributed by atoms with Gasteiger partial charge in [-0.15, -0.1) is 0 Å². The van der Waals surface area contributed by atoms with Gasteiger partial charge in [-0.05, 0) is 24.5 Å². The number of rotatable bonds is 5. The summed E-state index contributed by atoms with van der Waals surface area (Å²) in [5.74, 6) is -3.04. The minimum absolute atomic E-state index is 0.0509. The number of carbonyl (C=O) groups excluding carboxylic acids is 2. The van der Waals surface area contributed by atoms with Crippen LogP contribution in [0.25, 0.3) is 0 Å². The number of esters is 1. The van der Waals surface area contributed by atoms with Crippen LogP contribution in [0.4, 0.5) is 38.0 Å². The summed E-state index contributed by atoms with van der Waals surface area (Å²) in [6, 6.07) is 9.42. The molecule has 1 aromatic carbocycles. The lowest BCUT2D eigenvalue weighted by Gasteiger charge is -2.36. The van der Waals surface area contributed by atoms with Crippen LogP contribution < -0.4 is 10.2 Å². The third kappa shape index (κ3) is 5.45. The first-order valence-electron chi connectivity index (χ1n) is 12.5. The second kappa shape index (κ2) is 10.4. The number of alkyl halides is 6. The Bertz CT molecular complexity index is 1450. The van der Waals surface area contributed by atoms with E-state index < -0.39 is 58.9 Å². The molecule has 3 N–H and O–H groups in total. The fraction of sp³-hybridized carbons (Fsp3) is 0.385. The molecule has 1 atom stereocenters. The van der Waals surface area contributed by atoms with E-state index >= 15 is 0 Å². The molecule has 9 nitrogen and oxygen atoms in total. The number of ether oxygens (including phenoxy) is 1. The van der Waals surface area contributed by atoms with Gasteiger partial charge in [0.15, 0.2) is 5.60 Å². The Morgan fingerprint density at radius 1 is 1.12 bits per heavy atom. The van der Waals surface area contributed by atoms with Crippen molar-refractivity contribution >= 4 is 23.5 Å². The van der Waals surface area contributed by atoms with Crippen molar-refractivity contribution in [2.24, 2.45) is 0 Å². The van der Waals surface area contributed by atoms with Crippen molar-refractivity contribution < 1.29 is 45.8 Å². The lowest BCUT2D eigenvalue weighted by Crippen LogP contribution is -2.49. The lowest BCUT2D eigenvalue weighted by atomic mass is 9.81.